The average molecular weight is 462 g/mol. The van der Waals surface area contributed by atoms with Crippen LogP contribution in [0.5, 0.6) is 0 Å². The van der Waals surface area contributed by atoms with E-state index in [1.807, 2.05) is 49.1 Å². The van der Waals surface area contributed by atoms with Gasteiger partial charge in [-0.15, -0.1) is 0 Å². The van der Waals surface area contributed by atoms with Crippen LogP contribution in [0.15, 0.2) is 24.4 Å². The molecule has 31 heavy (non-hydrogen) atoms. The van der Waals surface area contributed by atoms with Crippen LogP contribution >= 0.6 is 23.2 Å². The molecule has 1 aromatic heterocycles. The molecular weight excluding hydrogens is 433 g/mol. The van der Waals surface area contributed by atoms with Crippen molar-refractivity contribution in [1.29, 1.82) is 0 Å². The highest BCUT2D eigenvalue weighted by Gasteiger charge is 2.38. The number of aromatic nitrogens is 2. The lowest BCUT2D eigenvalue weighted by molar-refractivity contribution is -0.120. The topological polar surface area (TPSA) is 61.4 Å². The Bertz CT molecular complexity index is 955. The number of hydrogen-bond donors (Lipinski definition) is 1. The van der Waals surface area contributed by atoms with E-state index in [4.69, 9.17) is 23.2 Å². The van der Waals surface area contributed by atoms with Crippen molar-refractivity contribution in [3.05, 3.63) is 40.0 Å². The van der Waals surface area contributed by atoms with Crippen LogP contribution < -0.4 is 15.1 Å². The summed E-state index contributed by atoms with van der Waals surface area (Å²) in [5.74, 6) is 1.95. The molecule has 0 saturated heterocycles. The van der Waals surface area contributed by atoms with E-state index in [1.54, 1.807) is 6.07 Å². The van der Waals surface area contributed by atoms with Gasteiger partial charge >= 0.3 is 0 Å². The summed E-state index contributed by atoms with van der Waals surface area (Å²) in [7, 11) is 3.97. The molecule has 0 aliphatic heterocycles. The van der Waals surface area contributed by atoms with E-state index in [2.05, 4.69) is 15.3 Å². The largest absolute Gasteiger partial charge is 0.362 e. The van der Waals surface area contributed by atoms with Crippen LogP contribution in [0.1, 0.15) is 44.1 Å². The Morgan fingerprint density at radius 3 is 2.39 bits per heavy atom. The minimum absolute atomic E-state index is 0.149. The summed E-state index contributed by atoms with van der Waals surface area (Å²) in [5.41, 5.74) is 1.90. The molecule has 0 radical (unpaired) electrons. The second-order valence-corrected chi connectivity index (χ2v) is 9.64. The number of carbonyl (C=O) groups is 1. The molecule has 1 heterocycles. The Morgan fingerprint density at radius 1 is 1.06 bits per heavy atom. The molecule has 0 spiro atoms. The maximum Gasteiger partial charge on any atom is 0.230 e. The van der Waals surface area contributed by atoms with Crippen molar-refractivity contribution in [3.8, 4) is 0 Å². The minimum atomic E-state index is 0.149. The first-order valence-corrected chi connectivity index (χ1v) is 11.6. The van der Waals surface area contributed by atoms with Crippen LogP contribution in [0, 0.1) is 12.8 Å². The number of benzene rings is 1. The lowest BCUT2D eigenvalue weighted by Gasteiger charge is -2.37. The first-order chi connectivity index (χ1) is 14.8. The van der Waals surface area contributed by atoms with Crippen LogP contribution in [0.3, 0.4) is 0 Å². The molecule has 2 aliphatic rings. The van der Waals surface area contributed by atoms with E-state index in [0.717, 1.165) is 55.6 Å². The molecule has 166 valence electrons. The van der Waals surface area contributed by atoms with Crippen molar-refractivity contribution in [2.45, 2.75) is 57.5 Å². The maximum atomic E-state index is 13.1. The molecule has 1 aromatic carbocycles. The van der Waals surface area contributed by atoms with Crippen molar-refractivity contribution < 1.29 is 4.79 Å². The van der Waals surface area contributed by atoms with Crippen molar-refractivity contribution >= 4 is 46.6 Å². The third kappa shape index (κ3) is 5.07. The quantitative estimate of drug-likeness (QED) is 0.629. The number of nitrogens with zero attached hydrogens (tertiary/aromatic N) is 4. The van der Waals surface area contributed by atoms with Gasteiger partial charge in [0.1, 0.15) is 5.82 Å². The molecular formula is C23H29Cl2N5O. The fourth-order valence-corrected chi connectivity index (χ4v) is 4.59. The highest BCUT2D eigenvalue weighted by atomic mass is 35.5. The van der Waals surface area contributed by atoms with Gasteiger partial charge in [-0.1, -0.05) is 23.2 Å². The molecule has 2 saturated carbocycles. The van der Waals surface area contributed by atoms with Gasteiger partial charge in [-0.05, 0) is 63.6 Å². The van der Waals surface area contributed by atoms with Crippen molar-refractivity contribution in [3.63, 3.8) is 0 Å². The predicted octanol–water partition coefficient (Wildman–Crippen LogP) is 5.32. The SMILES string of the molecule is Cc1cnc(NC2CCC(N(C(=O)C3CC3)c3ccc(Cl)c(Cl)c3)CC2)nc1N(C)C. The van der Waals surface area contributed by atoms with Crippen molar-refractivity contribution in [2.24, 2.45) is 5.92 Å². The van der Waals surface area contributed by atoms with E-state index in [-0.39, 0.29) is 17.9 Å². The lowest BCUT2D eigenvalue weighted by Crippen LogP contribution is -2.45. The van der Waals surface area contributed by atoms with E-state index in [1.165, 1.54) is 0 Å². The molecule has 2 aromatic rings. The zero-order valence-electron chi connectivity index (χ0n) is 18.2. The third-order valence-corrected chi connectivity index (χ3v) is 6.85. The fourth-order valence-electron chi connectivity index (χ4n) is 4.30. The molecule has 1 N–H and O–H groups in total. The van der Waals surface area contributed by atoms with Crippen LogP contribution in [0.25, 0.3) is 0 Å². The van der Waals surface area contributed by atoms with E-state index in [0.29, 0.717) is 22.0 Å². The van der Waals surface area contributed by atoms with Gasteiger partial charge in [0.15, 0.2) is 0 Å². The number of carbonyl (C=O) groups excluding carboxylic acids is 1. The van der Waals surface area contributed by atoms with Crippen molar-refractivity contribution in [1.82, 2.24) is 9.97 Å². The second-order valence-electron chi connectivity index (χ2n) is 8.83. The highest BCUT2D eigenvalue weighted by molar-refractivity contribution is 6.42. The number of halogens is 2. The summed E-state index contributed by atoms with van der Waals surface area (Å²) in [6.07, 6.45) is 7.56. The van der Waals surface area contributed by atoms with Crippen molar-refractivity contribution in [2.75, 3.05) is 29.2 Å². The van der Waals surface area contributed by atoms with Gasteiger partial charge in [0.2, 0.25) is 11.9 Å². The maximum absolute atomic E-state index is 13.1. The summed E-state index contributed by atoms with van der Waals surface area (Å²) in [5, 5.41) is 4.48. The van der Waals surface area contributed by atoms with Gasteiger partial charge in [0.05, 0.1) is 10.0 Å². The number of nitrogens with one attached hydrogen (secondary N) is 1. The van der Waals surface area contributed by atoms with Gasteiger partial charge in [0.25, 0.3) is 0 Å². The predicted molar refractivity (Wildman–Crippen MR) is 127 cm³/mol. The molecule has 1 amide bonds. The number of aryl methyl sites for hydroxylation is 1. The molecule has 0 bridgehead atoms. The van der Waals surface area contributed by atoms with Gasteiger partial charge in [-0.2, -0.15) is 4.98 Å². The monoisotopic (exact) mass is 461 g/mol. The Hall–Kier alpha value is -2.05. The smallest absolute Gasteiger partial charge is 0.230 e. The van der Waals surface area contributed by atoms with E-state index >= 15 is 0 Å². The van der Waals surface area contributed by atoms with Gasteiger partial charge < -0.3 is 15.1 Å². The minimum Gasteiger partial charge on any atom is -0.362 e. The normalized spacial score (nSPS) is 20.9. The number of rotatable bonds is 6. The molecule has 0 unspecified atom stereocenters. The molecule has 8 heteroatoms. The Morgan fingerprint density at radius 2 is 1.77 bits per heavy atom. The average Bonchev–Trinajstić information content (AvgIpc) is 3.58. The summed E-state index contributed by atoms with van der Waals surface area (Å²) < 4.78 is 0. The summed E-state index contributed by atoms with van der Waals surface area (Å²) >= 11 is 12.4. The Balaban J connectivity index is 1.45. The summed E-state index contributed by atoms with van der Waals surface area (Å²) in [6.45, 7) is 2.01. The molecule has 6 nitrogen and oxygen atoms in total. The number of hydrogen-bond acceptors (Lipinski definition) is 5. The summed E-state index contributed by atoms with van der Waals surface area (Å²) in [4.78, 5) is 26.2. The first-order valence-electron chi connectivity index (χ1n) is 10.9. The first kappa shape index (κ1) is 22.2. The lowest BCUT2D eigenvalue weighted by atomic mass is 9.89. The van der Waals surface area contributed by atoms with Crippen LogP contribution in [0.2, 0.25) is 10.0 Å². The zero-order valence-corrected chi connectivity index (χ0v) is 19.7. The molecule has 2 fully saturated rings. The van der Waals surface area contributed by atoms with E-state index < -0.39 is 0 Å². The number of amides is 1. The number of anilines is 3. The van der Waals surface area contributed by atoms with Crippen LogP contribution in [-0.4, -0.2) is 42.1 Å². The standard InChI is InChI=1S/C23H29Cl2N5O/c1-14-13-26-23(28-21(14)29(2)3)27-16-6-8-17(9-7-16)30(22(31)15-4-5-15)18-10-11-19(24)20(25)12-18/h10-13,15-17H,4-9H2,1-3H3,(H,26,27,28). The van der Waals surface area contributed by atoms with Crippen LogP contribution in [-0.2, 0) is 4.79 Å². The molecule has 2 aliphatic carbocycles. The summed E-state index contributed by atoms with van der Waals surface area (Å²) in [6, 6.07) is 5.95. The zero-order chi connectivity index (χ0) is 22.1. The molecule has 4 rings (SSSR count). The second kappa shape index (κ2) is 9.21. The fraction of sp³-hybridized carbons (Fsp3) is 0.522. The van der Waals surface area contributed by atoms with Gasteiger partial charge in [-0.25, -0.2) is 4.98 Å². The third-order valence-electron chi connectivity index (χ3n) is 6.11. The van der Waals surface area contributed by atoms with Gasteiger partial charge in [-0.3, -0.25) is 4.79 Å². The highest BCUT2D eigenvalue weighted by Crippen LogP contribution is 2.38. The molecule has 0 atom stereocenters. The Labute approximate surface area is 193 Å². The Kier molecular flexibility index (Phi) is 6.58. The van der Waals surface area contributed by atoms with E-state index in [9.17, 15) is 4.79 Å². The van der Waals surface area contributed by atoms with Gasteiger partial charge in [0, 0.05) is 49.5 Å². The van der Waals surface area contributed by atoms with Crippen LogP contribution in [0.4, 0.5) is 17.5 Å².